The molecule has 1 nitrogen and oxygen atoms in total. The van der Waals surface area contributed by atoms with Crippen molar-refractivity contribution in [1.82, 2.24) is 0 Å². The highest BCUT2D eigenvalue weighted by atomic mass is 35.5. The van der Waals surface area contributed by atoms with E-state index in [1.807, 2.05) is 19.9 Å². The van der Waals surface area contributed by atoms with E-state index in [-0.39, 0.29) is 5.24 Å². The molecule has 0 aromatic rings. The Balaban J connectivity index is 4.00. The first-order chi connectivity index (χ1) is 4.04. The first-order valence-corrected chi connectivity index (χ1v) is 3.30. The largest absolute Gasteiger partial charge is 0.276 e. The van der Waals surface area contributed by atoms with E-state index in [1.165, 1.54) is 0 Å². The highest BCUT2D eigenvalue weighted by Gasteiger charge is 1.98. The van der Waals surface area contributed by atoms with Gasteiger partial charge in [-0.15, -0.1) is 0 Å². The van der Waals surface area contributed by atoms with Gasteiger partial charge < -0.3 is 0 Å². The van der Waals surface area contributed by atoms with Gasteiger partial charge in [-0.1, -0.05) is 19.9 Å². The Bertz CT molecular complexity index is 136. The summed E-state index contributed by atoms with van der Waals surface area (Å²) in [6.45, 7) is 5.72. The van der Waals surface area contributed by atoms with E-state index in [4.69, 9.17) is 11.6 Å². The lowest BCUT2D eigenvalue weighted by molar-refractivity contribution is -0.108. The molecule has 0 rings (SSSR count). The predicted molar refractivity (Wildman–Crippen MR) is 39.5 cm³/mol. The number of allylic oxidation sites excluding steroid dienone is 2. The minimum absolute atomic E-state index is 0.358. The molecule has 0 saturated heterocycles. The fourth-order valence-corrected chi connectivity index (χ4v) is 0.629. The summed E-state index contributed by atoms with van der Waals surface area (Å²) in [5.74, 6) is 0.396. The molecule has 0 aliphatic heterocycles. The predicted octanol–water partition coefficient (Wildman–Crippen LogP) is 2.35. The van der Waals surface area contributed by atoms with Crippen LogP contribution >= 0.6 is 11.6 Å². The molecular weight excluding hydrogens is 136 g/mol. The van der Waals surface area contributed by atoms with Crippen molar-refractivity contribution in [2.24, 2.45) is 5.92 Å². The van der Waals surface area contributed by atoms with Crippen molar-refractivity contribution in [3.8, 4) is 0 Å². The van der Waals surface area contributed by atoms with E-state index in [0.717, 1.165) is 0 Å². The molecule has 0 unspecified atom stereocenters. The zero-order chi connectivity index (χ0) is 7.44. The molecule has 2 heteroatoms. The molecule has 9 heavy (non-hydrogen) atoms. The van der Waals surface area contributed by atoms with Crippen LogP contribution in [0.2, 0.25) is 0 Å². The molecule has 0 radical (unpaired) electrons. The average molecular weight is 147 g/mol. The summed E-state index contributed by atoms with van der Waals surface area (Å²) >= 11 is 5.17. The third-order valence-corrected chi connectivity index (χ3v) is 1.19. The molecular formula is C7H11ClO. The molecule has 0 aromatic heterocycles. The lowest BCUT2D eigenvalue weighted by atomic mass is 10.1. The highest BCUT2D eigenvalue weighted by molar-refractivity contribution is 6.67. The molecule has 0 spiro atoms. The molecule has 0 aliphatic carbocycles. The van der Waals surface area contributed by atoms with E-state index in [1.54, 1.807) is 6.92 Å². The van der Waals surface area contributed by atoms with Gasteiger partial charge in [0, 0.05) is 5.57 Å². The van der Waals surface area contributed by atoms with E-state index in [2.05, 4.69) is 0 Å². The van der Waals surface area contributed by atoms with Gasteiger partial charge >= 0.3 is 0 Å². The van der Waals surface area contributed by atoms with Crippen LogP contribution in [0.4, 0.5) is 0 Å². The van der Waals surface area contributed by atoms with Gasteiger partial charge in [-0.3, -0.25) is 4.79 Å². The maximum Gasteiger partial charge on any atom is 0.247 e. The summed E-state index contributed by atoms with van der Waals surface area (Å²) < 4.78 is 0. The maximum atomic E-state index is 10.4. The van der Waals surface area contributed by atoms with Crippen LogP contribution in [0.3, 0.4) is 0 Å². The molecule has 0 aromatic carbocycles. The quantitative estimate of drug-likeness (QED) is 0.432. The number of rotatable bonds is 2. The zero-order valence-electron chi connectivity index (χ0n) is 5.94. The van der Waals surface area contributed by atoms with Gasteiger partial charge in [0.05, 0.1) is 0 Å². The van der Waals surface area contributed by atoms with Crippen molar-refractivity contribution in [3.63, 3.8) is 0 Å². The first-order valence-electron chi connectivity index (χ1n) is 2.92. The Morgan fingerprint density at radius 3 is 2.11 bits per heavy atom. The van der Waals surface area contributed by atoms with Crippen molar-refractivity contribution in [2.45, 2.75) is 20.8 Å². The van der Waals surface area contributed by atoms with Gasteiger partial charge in [0.2, 0.25) is 5.24 Å². The molecule has 0 amide bonds. The number of hydrogen-bond acceptors (Lipinski definition) is 1. The SMILES string of the molecule is C/C(=C\C(C)C)C(=O)Cl. The molecule has 0 fully saturated rings. The van der Waals surface area contributed by atoms with Crippen LogP contribution in [0.15, 0.2) is 11.6 Å². The van der Waals surface area contributed by atoms with Gasteiger partial charge in [0.15, 0.2) is 0 Å². The van der Waals surface area contributed by atoms with E-state index < -0.39 is 0 Å². The van der Waals surface area contributed by atoms with Crippen molar-refractivity contribution in [2.75, 3.05) is 0 Å². The summed E-state index contributed by atoms with van der Waals surface area (Å²) in [5.41, 5.74) is 0.631. The summed E-state index contributed by atoms with van der Waals surface area (Å²) in [7, 11) is 0. The standard InChI is InChI=1S/C7H11ClO/c1-5(2)4-6(3)7(8)9/h4-5H,1-3H3/b6-4+. The highest BCUT2D eigenvalue weighted by Crippen LogP contribution is 2.03. The van der Waals surface area contributed by atoms with Crippen molar-refractivity contribution < 1.29 is 4.79 Å². The topological polar surface area (TPSA) is 17.1 Å². The lowest BCUT2D eigenvalue weighted by Gasteiger charge is -1.95. The van der Waals surface area contributed by atoms with Gasteiger partial charge in [-0.05, 0) is 24.4 Å². The van der Waals surface area contributed by atoms with Gasteiger partial charge in [0.1, 0.15) is 0 Å². The van der Waals surface area contributed by atoms with Crippen molar-refractivity contribution >= 4 is 16.8 Å². The molecule has 0 bridgehead atoms. The number of halogens is 1. The minimum atomic E-state index is -0.358. The third kappa shape index (κ3) is 4.22. The smallest absolute Gasteiger partial charge is 0.247 e. The van der Waals surface area contributed by atoms with Crippen LogP contribution in [0.25, 0.3) is 0 Å². The minimum Gasteiger partial charge on any atom is -0.276 e. The van der Waals surface area contributed by atoms with Gasteiger partial charge in [-0.2, -0.15) is 0 Å². The molecule has 0 atom stereocenters. The Morgan fingerprint density at radius 2 is 2.00 bits per heavy atom. The molecule has 52 valence electrons. The van der Waals surface area contributed by atoms with Crippen molar-refractivity contribution in [3.05, 3.63) is 11.6 Å². The van der Waals surface area contributed by atoms with E-state index >= 15 is 0 Å². The fourth-order valence-electron chi connectivity index (χ4n) is 0.566. The monoisotopic (exact) mass is 146 g/mol. The van der Waals surface area contributed by atoms with Gasteiger partial charge in [-0.25, -0.2) is 0 Å². The lowest BCUT2D eigenvalue weighted by Crippen LogP contribution is -1.90. The van der Waals surface area contributed by atoms with Crippen LogP contribution in [0.5, 0.6) is 0 Å². The Kier molecular flexibility index (Phi) is 3.55. The average Bonchev–Trinajstić information content (AvgIpc) is 1.63. The first kappa shape index (κ1) is 8.70. The van der Waals surface area contributed by atoms with Crippen LogP contribution in [0, 0.1) is 5.92 Å². The molecule has 0 heterocycles. The number of carbonyl (C=O) groups is 1. The zero-order valence-corrected chi connectivity index (χ0v) is 6.70. The summed E-state index contributed by atoms with van der Waals surface area (Å²) in [4.78, 5) is 10.4. The second-order valence-corrected chi connectivity index (χ2v) is 2.71. The third-order valence-electron chi connectivity index (χ3n) is 0.893. The summed E-state index contributed by atoms with van der Waals surface area (Å²) in [6.07, 6.45) is 1.84. The molecule has 0 saturated carbocycles. The fraction of sp³-hybridized carbons (Fsp3) is 0.571. The Hall–Kier alpha value is -0.300. The summed E-state index contributed by atoms with van der Waals surface area (Å²) in [5, 5.41) is -0.358. The second kappa shape index (κ2) is 3.67. The summed E-state index contributed by atoms with van der Waals surface area (Å²) in [6, 6.07) is 0. The second-order valence-electron chi connectivity index (χ2n) is 2.37. The van der Waals surface area contributed by atoms with Crippen molar-refractivity contribution in [1.29, 1.82) is 0 Å². The Morgan fingerprint density at radius 1 is 1.56 bits per heavy atom. The van der Waals surface area contributed by atoms with Crippen LogP contribution < -0.4 is 0 Å². The maximum absolute atomic E-state index is 10.4. The van der Waals surface area contributed by atoms with Crippen LogP contribution in [0.1, 0.15) is 20.8 Å². The van der Waals surface area contributed by atoms with E-state index in [9.17, 15) is 4.79 Å². The van der Waals surface area contributed by atoms with E-state index in [0.29, 0.717) is 11.5 Å². The van der Waals surface area contributed by atoms with Gasteiger partial charge in [0.25, 0.3) is 0 Å². The molecule has 0 N–H and O–H groups in total. The normalized spacial score (nSPS) is 12.3. The number of hydrogen-bond donors (Lipinski definition) is 0. The molecule has 0 aliphatic rings. The van der Waals surface area contributed by atoms with Crippen LogP contribution in [-0.2, 0) is 4.79 Å². The van der Waals surface area contributed by atoms with Crippen LogP contribution in [-0.4, -0.2) is 5.24 Å². The Labute approximate surface area is 60.7 Å². The number of carbonyl (C=O) groups excluding carboxylic acids is 1.